The van der Waals surface area contributed by atoms with Crippen molar-refractivity contribution in [1.29, 1.82) is 0 Å². The van der Waals surface area contributed by atoms with Crippen molar-refractivity contribution in [2.24, 2.45) is 5.41 Å². The Kier molecular flexibility index (Phi) is 4.81. The second-order valence-corrected chi connectivity index (χ2v) is 8.15. The van der Waals surface area contributed by atoms with E-state index in [4.69, 9.17) is 11.6 Å². The van der Waals surface area contributed by atoms with Crippen LogP contribution in [-0.2, 0) is 15.8 Å². The van der Waals surface area contributed by atoms with Crippen molar-refractivity contribution in [2.45, 2.75) is 26.5 Å². The van der Waals surface area contributed by atoms with E-state index in [2.05, 4.69) is 0 Å². The maximum absolute atomic E-state index is 12.2. The van der Waals surface area contributed by atoms with Crippen LogP contribution in [0.15, 0.2) is 24.3 Å². The lowest BCUT2D eigenvalue weighted by molar-refractivity contribution is 0.310. The predicted octanol–water partition coefficient (Wildman–Crippen LogP) is 3.15. The zero-order valence-corrected chi connectivity index (χ0v) is 12.8. The minimum absolute atomic E-state index is 0.0563. The average Bonchev–Trinajstić information content (AvgIpc) is 2.18. The molecule has 0 aliphatic heterocycles. The van der Waals surface area contributed by atoms with Crippen molar-refractivity contribution in [1.82, 2.24) is 4.31 Å². The van der Waals surface area contributed by atoms with Crippen molar-refractivity contribution in [3.63, 3.8) is 0 Å². The summed E-state index contributed by atoms with van der Waals surface area (Å²) in [6.45, 7) is 6.51. The third-order valence-corrected chi connectivity index (χ3v) is 4.59. The smallest absolute Gasteiger partial charge is 0.212 e. The summed E-state index contributed by atoms with van der Waals surface area (Å²) in [5.74, 6) is -0.0563. The van der Waals surface area contributed by atoms with Gasteiger partial charge >= 0.3 is 0 Å². The summed E-state index contributed by atoms with van der Waals surface area (Å²) in [5.41, 5.74) is 0.572. The summed E-state index contributed by atoms with van der Waals surface area (Å²) in [4.78, 5) is 0. The van der Waals surface area contributed by atoms with Crippen LogP contribution in [0.2, 0.25) is 5.02 Å². The first-order valence-corrected chi connectivity index (χ1v) is 7.78. The Morgan fingerprint density at radius 1 is 1.22 bits per heavy atom. The molecule has 0 atom stereocenters. The van der Waals surface area contributed by atoms with Gasteiger partial charge in [0.15, 0.2) is 0 Å². The van der Waals surface area contributed by atoms with Gasteiger partial charge in [0.1, 0.15) is 0 Å². The molecule has 0 unspecified atom stereocenters. The van der Waals surface area contributed by atoms with E-state index in [1.165, 1.54) is 4.31 Å². The van der Waals surface area contributed by atoms with Gasteiger partial charge in [0.25, 0.3) is 0 Å². The van der Waals surface area contributed by atoms with Crippen LogP contribution in [-0.4, -0.2) is 26.3 Å². The Hall–Kier alpha value is -0.580. The number of sulfonamides is 1. The highest BCUT2D eigenvalue weighted by molar-refractivity contribution is 7.88. The SMILES string of the molecule is CN(CC(C)(C)C)S(=O)(=O)Cc1ccccc1Cl. The van der Waals surface area contributed by atoms with Crippen LogP contribution in [0.25, 0.3) is 0 Å². The third kappa shape index (κ3) is 4.59. The highest BCUT2D eigenvalue weighted by Gasteiger charge is 2.24. The Balaban J connectivity index is 2.86. The molecule has 0 aliphatic rings. The van der Waals surface area contributed by atoms with Gasteiger partial charge in [0, 0.05) is 18.6 Å². The molecule has 0 saturated heterocycles. The Bertz CT molecular complexity index is 506. The molecule has 1 rings (SSSR count). The molecular weight excluding hydrogens is 270 g/mol. The van der Waals surface area contributed by atoms with Gasteiger partial charge in [-0.3, -0.25) is 0 Å². The number of hydrogen-bond donors (Lipinski definition) is 0. The molecule has 102 valence electrons. The molecule has 1 aromatic carbocycles. The second kappa shape index (κ2) is 5.59. The molecule has 0 N–H and O–H groups in total. The molecule has 18 heavy (non-hydrogen) atoms. The lowest BCUT2D eigenvalue weighted by Crippen LogP contribution is -2.35. The van der Waals surface area contributed by atoms with Gasteiger partial charge in [0.05, 0.1) is 5.75 Å². The summed E-state index contributed by atoms with van der Waals surface area (Å²) in [5, 5.41) is 0.491. The van der Waals surface area contributed by atoms with E-state index in [-0.39, 0.29) is 11.2 Å². The van der Waals surface area contributed by atoms with Gasteiger partial charge in [-0.05, 0) is 17.0 Å². The topological polar surface area (TPSA) is 37.4 Å². The summed E-state index contributed by atoms with van der Waals surface area (Å²) >= 11 is 5.99. The first-order valence-electron chi connectivity index (χ1n) is 5.79. The number of nitrogens with zero attached hydrogens (tertiary/aromatic N) is 1. The van der Waals surface area contributed by atoms with E-state index < -0.39 is 10.0 Å². The van der Waals surface area contributed by atoms with Crippen molar-refractivity contribution in [3.8, 4) is 0 Å². The molecule has 3 nitrogen and oxygen atoms in total. The number of hydrogen-bond acceptors (Lipinski definition) is 2. The van der Waals surface area contributed by atoms with Crippen molar-refractivity contribution in [2.75, 3.05) is 13.6 Å². The normalized spacial score (nSPS) is 13.0. The summed E-state index contributed by atoms with van der Waals surface area (Å²) in [7, 11) is -1.71. The average molecular weight is 290 g/mol. The minimum Gasteiger partial charge on any atom is -0.212 e. The standard InChI is InChI=1S/C13H20ClNO2S/c1-13(2,3)10-15(4)18(16,17)9-11-7-5-6-8-12(11)14/h5-8H,9-10H2,1-4H3. The summed E-state index contributed by atoms with van der Waals surface area (Å²) in [6, 6.07) is 7.03. The largest absolute Gasteiger partial charge is 0.218 e. The van der Waals surface area contributed by atoms with Gasteiger partial charge in [-0.25, -0.2) is 12.7 Å². The van der Waals surface area contributed by atoms with Gasteiger partial charge < -0.3 is 0 Å². The predicted molar refractivity (Wildman–Crippen MR) is 76.2 cm³/mol. The molecule has 0 aliphatic carbocycles. The maximum atomic E-state index is 12.2. The van der Waals surface area contributed by atoms with Crippen molar-refractivity contribution >= 4 is 21.6 Å². The summed E-state index contributed by atoms with van der Waals surface area (Å²) < 4.78 is 25.8. The first-order chi connectivity index (χ1) is 8.12. The molecule has 1 aromatic rings. The molecule has 0 aromatic heterocycles. The Morgan fingerprint density at radius 3 is 2.28 bits per heavy atom. The van der Waals surface area contributed by atoms with Crippen LogP contribution >= 0.6 is 11.6 Å². The van der Waals surface area contributed by atoms with Crippen LogP contribution in [0.1, 0.15) is 26.3 Å². The molecule has 0 bridgehead atoms. The lowest BCUT2D eigenvalue weighted by atomic mass is 9.97. The number of benzene rings is 1. The minimum atomic E-state index is -3.32. The maximum Gasteiger partial charge on any atom is 0.218 e. The van der Waals surface area contributed by atoms with Crippen LogP contribution < -0.4 is 0 Å². The van der Waals surface area contributed by atoms with Gasteiger partial charge in [-0.15, -0.1) is 0 Å². The second-order valence-electron chi connectivity index (χ2n) is 5.66. The van der Waals surface area contributed by atoms with Crippen LogP contribution in [0, 0.1) is 5.41 Å². The van der Waals surface area contributed by atoms with Crippen LogP contribution in [0.3, 0.4) is 0 Å². The van der Waals surface area contributed by atoms with E-state index in [0.717, 1.165) is 0 Å². The van der Waals surface area contributed by atoms with Gasteiger partial charge in [-0.1, -0.05) is 50.6 Å². The van der Waals surface area contributed by atoms with Crippen LogP contribution in [0.5, 0.6) is 0 Å². The van der Waals surface area contributed by atoms with Crippen molar-refractivity contribution < 1.29 is 8.42 Å². The van der Waals surface area contributed by atoms with Crippen molar-refractivity contribution in [3.05, 3.63) is 34.9 Å². The molecule has 0 fully saturated rings. The fourth-order valence-electron chi connectivity index (χ4n) is 1.69. The molecule has 0 saturated carbocycles. The third-order valence-electron chi connectivity index (χ3n) is 2.47. The zero-order valence-electron chi connectivity index (χ0n) is 11.3. The fraction of sp³-hybridized carbons (Fsp3) is 0.538. The number of rotatable bonds is 4. The van der Waals surface area contributed by atoms with E-state index >= 15 is 0 Å². The first kappa shape index (κ1) is 15.5. The lowest BCUT2D eigenvalue weighted by Gasteiger charge is -2.26. The van der Waals surface area contributed by atoms with Crippen LogP contribution in [0.4, 0.5) is 0 Å². The van der Waals surface area contributed by atoms with E-state index in [9.17, 15) is 8.42 Å². The van der Waals surface area contributed by atoms with Gasteiger partial charge in [-0.2, -0.15) is 0 Å². The molecule has 0 amide bonds. The van der Waals surface area contributed by atoms with Gasteiger partial charge in [0.2, 0.25) is 10.0 Å². The monoisotopic (exact) mass is 289 g/mol. The molecule has 0 spiro atoms. The highest BCUT2D eigenvalue weighted by atomic mass is 35.5. The quantitative estimate of drug-likeness (QED) is 0.854. The molecule has 5 heteroatoms. The Morgan fingerprint density at radius 2 is 1.78 bits per heavy atom. The fourth-order valence-corrected chi connectivity index (χ4v) is 3.42. The van der Waals surface area contributed by atoms with E-state index in [1.54, 1.807) is 31.3 Å². The van der Waals surface area contributed by atoms with E-state index in [1.807, 2.05) is 20.8 Å². The molecule has 0 heterocycles. The molecular formula is C13H20ClNO2S. The highest BCUT2D eigenvalue weighted by Crippen LogP contribution is 2.21. The molecule has 0 radical (unpaired) electrons. The van der Waals surface area contributed by atoms with E-state index in [0.29, 0.717) is 17.1 Å². The zero-order chi connectivity index (χ0) is 14.0. The Labute approximate surface area is 115 Å². The summed E-state index contributed by atoms with van der Waals surface area (Å²) in [6.07, 6.45) is 0. The number of halogens is 1.